The molecule has 0 N–H and O–H groups in total. The highest BCUT2D eigenvalue weighted by Crippen LogP contribution is 2.34. The number of rotatable bonds is 7. The van der Waals surface area contributed by atoms with Crippen LogP contribution in [-0.2, 0) is 4.74 Å². The van der Waals surface area contributed by atoms with Gasteiger partial charge in [0.05, 0.1) is 46.8 Å². The molecule has 30 heavy (non-hydrogen) atoms. The molecule has 8 heteroatoms. The number of ether oxygens (including phenoxy) is 2. The van der Waals surface area contributed by atoms with E-state index in [1.807, 2.05) is 53.4 Å². The zero-order valence-corrected chi connectivity index (χ0v) is 18.1. The van der Waals surface area contributed by atoms with Crippen LogP contribution >= 0.6 is 22.9 Å². The number of methoxy groups -OCH3 is 2. The minimum atomic E-state index is -0.246. The number of halogens is 1. The van der Waals surface area contributed by atoms with Gasteiger partial charge in [0, 0.05) is 25.6 Å². The van der Waals surface area contributed by atoms with Crippen molar-refractivity contribution in [2.24, 2.45) is 0 Å². The van der Waals surface area contributed by atoms with Crippen LogP contribution in [0.3, 0.4) is 0 Å². The SMILES string of the molecule is COCCN(C(=O)c1cc(Cl)c(-n2cccc2)cc1OC)c1nc2ccccc2s1. The lowest BCUT2D eigenvalue weighted by Crippen LogP contribution is -2.34. The highest BCUT2D eigenvalue weighted by molar-refractivity contribution is 7.22. The third-order valence-corrected chi connectivity index (χ3v) is 6.02. The highest BCUT2D eigenvalue weighted by atomic mass is 35.5. The molecule has 0 aliphatic rings. The molecule has 6 nitrogen and oxygen atoms in total. The fourth-order valence-corrected chi connectivity index (χ4v) is 4.41. The van der Waals surface area contributed by atoms with Gasteiger partial charge in [-0.25, -0.2) is 4.98 Å². The van der Waals surface area contributed by atoms with Crippen LogP contribution < -0.4 is 9.64 Å². The van der Waals surface area contributed by atoms with Gasteiger partial charge in [0.15, 0.2) is 5.13 Å². The molecule has 0 aliphatic heterocycles. The third-order valence-electron chi connectivity index (χ3n) is 4.66. The van der Waals surface area contributed by atoms with Crippen LogP contribution in [0.4, 0.5) is 5.13 Å². The standard InChI is InChI=1S/C22H20ClN3O3S/c1-28-12-11-26(22-24-17-7-3-4-8-20(17)30-22)21(27)15-13-16(23)18(14-19(15)29-2)25-9-5-6-10-25/h3-10,13-14H,11-12H2,1-2H3. The first kappa shape index (κ1) is 20.4. The average molecular weight is 442 g/mol. The lowest BCUT2D eigenvalue weighted by Gasteiger charge is -2.21. The molecule has 1 amide bonds. The van der Waals surface area contributed by atoms with Crippen molar-refractivity contribution in [3.63, 3.8) is 0 Å². The number of thiazole rings is 1. The van der Waals surface area contributed by atoms with Gasteiger partial charge < -0.3 is 14.0 Å². The Labute approximate surface area is 183 Å². The molecule has 2 aromatic heterocycles. The van der Waals surface area contributed by atoms with Crippen molar-refractivity contribution in [2.75, 3.05) is 32.3 Å². The van der Waals surface area contributed by atoms with Gasteiger partial charge in [0.2, 0.25) is 0 Å². The highest BCUT2D eigenvalue weighted by Gasteiger charge is 2.25. The molecule has 4 aromatic rings. The average Bonchev–Trinajstić information content (AvgIpc) is 3.43. The summed E-state index contributed by atoms with van der Waals surface area (Å²) in [5.41, 5.74) is 1.95. The van der Waals surface area contributed by atoms with Gasteiger partial charge in [0.25, 0.3) is 5.91 Å². The molecular formula is C22H20ClN3O3S. The van der Waals surface area contributed by atoms with Crippen LogP contribution in [-0.4, -0.2) is 42.8 Å². The van der Waals surface area contributed by atoms with E-state index in [1.165, 1.54) is 18.4 Å². The summed E-state index contributed by atoms with van der Waals surface area (Å²) in [6.07, 6.45) is 3.77. The number of nitrogens with zero attached hydrogens (tertiary/aromatic N) is 3. The van der Waals surface area contributed by atoms with Crippen molar-refractivity contribution in [3.05, 3.63) is 71.5 Å². The van der Waals surface area contributed by atoms with Crippen molar-refractivity contribution < 1.29 is 14.3 Å². The van der Waals surface area contributed by atoms with Crippen LogP contribution in [0.1, 0.15) is 10.4 Å². The molecular weight excluding hydrogens is 422 g/mol. The predicted molar refractivity (Wildman–Crippen MR) is 121 cm³/mol. The second kappa shape index (κ2) is 8.87. The van der Waals surface area contributed by atoms with Crippen molar-refractivity contribution in [2.45, 2.75) is 0 Å². The van der Waals surface area contributed by atoms with E-state index in [0.717, 1.165) is 15.9 Å². The second-order valence-corrected chi connectivity index (χ2v) is 7.92. The van der Waals surface area contributed by atoms with Gasteiger partial charge in [-0.3, -0.25) is 9.69 Å². The van der Waals surface area contributed by atoms with Gasteiger partial charge in [-0.05, 0) is 30.3 Å². The minimum absolute atomic E-state index is 0.246. The molecule has 2 heterocycles. The van der Waals surface area contributed by atoms with E-state index < -0.39 is 0 Å². The Morgan fingerprint density at radius 2 is 1.93 bits per heavy atom. The van der Waals surface area contributed by atoms with E-state index in [9.17, 15) is 4.79 Å². The Kier molecular flexibility index (Phi) is 6.03. The van der Waals surface area contributed by atoms with Gasteiger partial charge >= 0.3 is 0 Å². The van der Waals surface area contributed by atoms with Crippen LogP contribution in [0, 0.1) is 0 Å². The maximum Gasteiger partial charge on any atom is 0.263 e. The monoisotopic (exact) mass is 441 g/mol. The van der Waals surface area contributed by atoms with E-state index in [2.05, 4.69) is 4.98 Å². The summed E-state index contributed by atoms with van der Waals surface area (Å²) in [6.45, 7) is 0.731. The first-order chi connectivity index (χ1) is 14.6. The van der Waals surface area contributed by atoms with Crippen LogP contribution in [0.15, 0.2) is 60.9 Å². The molecule has 0 aliphatic carbocycles. The van der Waals surface area contributed by atoms with Crippen molar-refractivity contribution in [1.29, 1.82) is 0 Å². The predicted octanol–water partition coefficient (Wildman–Crippen LogP) is 5.04. The zero-order valence-electron chi connectivity index (χ0n) is 16.5. The molecule has 0 saturated heterocycles. The van der Waals surface area contributed by atoms with E-state index in [-0.39, 0.29) is 5.91 Å². The first-order valence-corrected chi connectivity index (χ1v) is 10.5. The zero-order chi connectivity index (χ0) is 21.1. The second-order valence-electron chi connectivity index (χ2n) is 6.51. The summed E-state index contributed by atoms with van der Waals surface area (Å²) in [4.78, 5) is 19.8. The lowest BCUT2D eigenvalue weighted by molar-refractivity contribution is 0.0973. The maximum absolute atomic E-state index is 13.5. The topological polar surface area (TPSA) is 56.6 Å². The van der Waals surface area contributed by atoms with Gasteiger partial charge in [-0.15, -0.1) is 0 Å². The fourth-order valence-electron chi connectivity index (χ4n) is 3.16. The molecule has 2 aromatic carbocycles. The van der Waals surface area contributed by atoms with Gasteiger partial charge in [-0.1, -0.05) is 35.1 Å². The third kappa shape index (κ3) is 3.92. The maximum atomic E-state index is 13.5. The number of aromatic nitrogens is 2. The van der Waals surface area contributed by atoms with Gasteiger partial charge in [0.1, 0.15) is 5.75 Å². The number of para-hydroxylation sites is 1. The summed E-state index contributed by atoms with van der Waals surface area (Å²) in [5.74, 6) is 0.195. The number of anilines is 1. The quantitative estimate of drug-likeness (QED) is 0.403. The van der Waals surface area contributed by atoms with E-state index in [1.54, 1.807) is 24.1 Å². The molecule has 0 fully saturated rings. The van der Waals surface area contributed by atoms with E-state index in [0.29, 0.717) is 34.6 Å². The fraction of sp³-hybridized carbons (Fsp3) is 0.182. The molecule has 154 valence electrons. The largest absolute Gasteiger partial charge is 0.496 e. The number of hydrogen-bond acceptors (Lipinski definition) is 5. The normalized spacial score (nSPS) is 11.0. The molecule has 0 saturated carbocycles. The van der Waals surface area contributed by atoms with E-state index >= 15 is 0 Å². The minimum Gasteiger partial charge on any atom is -0.496 e. The molecule has 0 bridgehead atoms. The number of amides is 1. The molecule has 4 rings (SSSR count). The lowest BCUT2D eigenvalue weighted by atomic mass is 10.1. The summed E-state index contributed by atoms with van der Waals surface area (Å²) >= 11 is 7.99. The Balaban J connectivity index is 1.76. The summed E-state index contributed by atoms with van der Waals surface area (Å²) in [7, 11) is 3.14. The van der Waals surface area contributed by atoms with Crippen molar-refractivity contribution in [1.82, 2.24) is 9.55 Å². The number of fused-ring (bicyclic) bond motifs is 1. The van der Waals surface area contributed by atoms with Crippen LogP contribution in [0.2, 0.25) is 5.02 Å². The van der Waals surface area contributed by atoms with Crippen LogP contribution in [0.5, 0.6) is 5.75 Å². The number of carbonyl (C=O) groups is 1. The summed E-state index contributed by atoms with van der Waals surface area (Å²) in [6, 6.07) is 15.0. The Morgan fingerprint density at radius 3 is 2.63 bits per heavy atom. The number of carbonyl (C=O) groups excluding carboxylic acids is 1. The Hall–Kier alpha value is -2.87. The molecule has 0 spiro atoms. The van der Waals surface area contributed by atoms with Crippen LogP contribution in [0.25, 0.3) is 15.9 Å². The summed E-state index contributed by atoms with van der Waals surface area (Å²) in [5, 5.41) is 1.05. The number of hydrogen-bond donors (Lipinski definition) is 0. The van der Waals surface area contributed by atoms with Gasteiger partial charge in [-0.2, -0.15) is 0 Å². The molecule has 0 atom stereocenters. The Morgan fingerprint density at radius 1 is 1.17 bits per heavy atom. The summed E-state index contributed by atoms with van der Waals surface area (Å²) < 4.78 is 13.6. The number of benzene rings is 2. The molecule has 0 radical (unpaired) electrons. The molecule has 0 unspecified atom stereocenters. The first-order valence-electron chi connectivity index (χ1n) is 9.29. The van der Waals surface area contributed by atoms with Crippen molar-refractivity contribution >= 4 is 44.2 Å². The van der Waals surface area contributed by atoms with E-state index in [4.69, 9.17) is 21.1 Å². The smallest absolute Gasteiger partial charge is 0.263 e. The Bertz CT molecular complexity index is 1140. The van der Waals surface area contributed by atoms with Crippen molar-refractivity contribution in [3.8, 4) is 11.4 Å².